The first kappa shape index (κ1) is 16.9. The molecule has 1 aromatic rings. The molecule has 20 heavy (non-hydrogen) atoms. The lowest BCUT2D eigenvalue weighted by Gasteiger charge is -2.23. The van der Waals surface area contributed by atoms with Crippen LogP contribution in [0.3, 0.4) is 0 Å². The van der Waals surface area contributed by atoms with Gasteiger partial charge in [0, 0.05) is 12.6 Å². The minimum atomic E-state index is -3.74. The molecular weight excluding hydrogens is 281 g/mol. The van der Waals surface area contributed by atoms with E-state index < -0.39 is 15.8 Å². The van der Waals surface area contributed by atoms with Crippen molar-refractivity contribution in [2.75, 3.05) is 25.4 Å². The van der Waals surface area contributed by atoms with E-state index in [0.717, 1.165) is 25.2 Å². The van der Waals surface area contributed by atoms with Crippen LogP contribution in [0.25, 0.3) is 0 Å². The molecule has 1 unspecified atom stereocenters. The number of nitrogens with one attached hydrogen (secondary N) is 1. The molecule has 0 spiro atoms. The van der Waals surface area contributed by atoms with Gasteiger partial charge in [0.1, 0.15) is 10.7 Å². The van der Waals surface area contributed by atoms with Crippen molar-refractivity contribution in [1.29, 1.82) is 0 Å². The van der Waals surface area contributed by atoms with Gasteiger partial charge in [-0.2, -0.15) is 0 Å². The van der Waals surface area contributed by atoms with E-state index >= 15 is 0 Å². The average Bonchev–Trinajstić information content (AvgIpc) is 2.34. The minimum absolute atomic E-state index is 0.0902. The largest absolute Gasteiger partial charge is 0.398 e. The second kappa shape index (κ2) is 7.01. The molecule has 0 aliphatic heterocycles. The number of nitrogen functional groups attached to an aromatic ring is 1. The van der Waals surface area contributed by atoms with E-state index in [1.165, 1.54) is 6.07 Å². The highest BCUT2D eigenvalue weighted by atomic mass is 32.2. The maximum atomic E-state index is 13.0. The smallest absolute Gasteiger partial charge is 0.242 e. The van der Waals surface area contributed by atoms with Gasteiger partial charge in [0.25, 0.3) is 0 Å². The molecule has 0 aliphatic carbocycles. The molecule has 0 saturated heterocycles. The van der Waals surface area contributed by atoms with Crippen LogP contribution in [0, 0.1) is 5.82 Å². The molecule has 0 saturated carbocycles. The highest BCUT2D eigenvalue weighted by Crippen LogP contribution is 2.19. The Kier molecular flexibility index (Phi) is 5.91. The Morgan fingerprint density at radius 1 is 1.35 bits per heavy atom. The third kappa shape index (κ3) is 4.43. The number of sulfonamides is 1. The molecular formula is C13H22FN3O2S. The Morgan fingerprint density at radius 3 is 2.45 bits per heavy atom. The lowest BCUT2D eigenvalue weighted by molar-refractivity contribution is 0.282. The van der Waals surface area contributed by atoms with E-state index in [0.29, 0.717) is 6.54 Å². The number of likely N-dealkylation sites (N-methyl/N-ethyl adjacent to an activating group) is 1. The van der Waals surface area contributed by atoms with E-state index in [4.69, 9.17) is 5.73 Å². The van der Waals surface area contributed by atoms with Gasteiger partial charge in [-0.25, -0.2) is 17.5 Å². The molecule has 3 N–H and O–H groups in total. The van der Waals surface area contributed by atoms with Crippen molar-refractivity contribution in [2.24, 2.45) is 0 Å². The van der Waals surface area contributed by atoms with Gasteiger partial charge in [0.2, 0.25) is 10.0 Å². The molecule has 0 fully saturated rings. The normalized spacial score (nSPS) is 13.7. The van der Waals surface area contributed by atoms with Crippen molar-refractivity contribution < 1.29 is 12.8 Å². The van der Waals surface area contributed by atoms with Crippen LogP contribution >= 0.6 is 0 Å². The number of anilines is 1. The molecule has 7 heteroatoms. The number of hydrogen-bond donors (Lipinski definition) is 2. The summed E-state index contributed by atoms with van der Waals surface area (Å²) in [6.07, 6.45) is 0. The summed E-state index contributed by atoms with van der Waals surface area (Å²) in [6, 6.07) is 3.00. The first-order chi connectivity index (χ1) is 9.30. The predicted octanol–water partition coefficient (Wildman–Crippen LogP) is 1.42. The van der Waals surface area contributed by atoms with Crippen LogP contribution in [0.4, 0.5) is 10.1 Å². The topological polar surface area (TPSA) is 75.4 Å². The Morgan fingerprint density at radius 2 is 1.95 bits per heavy atom. The number of rotatable bonds is 7. The third-order valence-electron chi connectivity index (χ3n) is 3.04. The summed E-state index contributed by atoms with van der Waals surface area (Å²) >= 11 is 0. The van der Waals surface area contributed by atoms with Crippen molar-refractivity contribution in [3.05, 3.63) is 24.0 Å². The summed E-state index contributed by atoms with van der Waals surface area (Å²) < 4.78 is 39.9. The summed E-state index contributed by atoms with van der Waals surface area (Å²) in [4.78, 5) is 2.02. The average molecular weight is 303 g/mol. The summed E-state index contributed by atoms with van der Waals surface area (Å²) in [6.45, 7) is 8.12. The van der Waals surface area contributed by atoms with Crippen LogP contribution in [0.2, 0.25) is 0 Å². The van der Waals surface area contributed by atoms with Crippen molar-refractivity contribution in [1.82, 2.24) is 9.62 Å². The van der Waals surface area contributed by atoms with Crippen LogP contribution in [-0.2, 0) is 10.0 Å². The van der Waals surface area contributed by atoms with E-state index in [1.807, 2.05) is 13.8 Å². The fourth-order valence-electron chi connectivity index (χ4n) is 2.00. The molecule has 0 aromatic heterocycles. The van der Waals surface area contributed by atoms with Gasteiger partial charge < -0.3 is 10.6 Å². The van der Waals surface area contributed by atoms with E-state index in [2.05, 4.69) is 9.62 Å². The number of benzene rings is 1. The van der Waals surface area contributed by atoms with Gasteiger partial charge in [-0.3, -0.25) is 0 Å². The molecule has 0 heterocycles. The summed E-state index contributed by atoms with van der Waals surface area (Å²) in [5.74, 6) is -0.558. The third-order valence-corrected chi connectivity index (χ3v) is 4.71. The van der Waals surface area contributed by atoms with Crippen LogP contribution in [0.15, 0.2) is 23.1 Å². The van der Waals surface area contributed by atoms with Crippen molar-refractivity contribution in [2.45, 2.75) is 31.7 Å². The second-order valence-electron chi connectivity index (χ2n) is 4.69. The van der Waals surface area contributed by atoms with Gasteiger partial charge in [-0.1, -0.05) is 13.8 Å². The van der Waals surface area contributed by atoms with Crippen LogP contribution < -0.4 is 10.5 Å². The number of nitrogens with two attached hydrogens (primary N) is 1. The molecule has 1 rings (SSSR count). The Bertz CT molecular complexity index is 545. The quantitative estimate of drug-likeness (QED) is 0.747. The maximum Gasteiger partial charge on any atom is 0.242 e. The highest BCUT2D eigenvalue weighted by molar-refractivity contribution is 7.89. The lowest BCUT2D eigenvalue weighted by atomic mass is 10.3. The summed E-state index contributed by atoms with van der Waals surface area (Å²) in [5.41, 5.74) is 5.48. The number of halogens is 1. The summed E-state index contributed by atoms with van der Waals surface area (Å²) in [5, 5.41) is 0. The molecule has 1 aromatic carbocycles. The number of hydrogen-bond acceptors (Lipinski definition) is 4. The fourth-order valence-corrected chi connectivity index (χ4v) is 3.35. The zero-order valence-electron chi connectivity index (χ0n) is 12.1. The molecule has 114 valence electrons. The molecule has 0 bridgehead atoms. The summed E-state index contributed by atoms with van der Waals surface area (Å²) in [7, 11) is -3.74. The van der Waals surface area contributed by atoms with Crippen LogP contribution in [0.5, 0.6) is 0 Å². The van der Waals surface area contributed by atoms with E-state index in [9.17, 15) is 12.8 Å². The van der Waals surface area contributed by atoms with Gasteiger partial charge in [-0.05, 0) is 38.2 Å². The Hall–Kier alpha value is -1.18. The molecule has 1 atom stereocenters. The Balaban J connectivity index is 2.84. The van der Waals surface area contributed by atoms with Crippen molar-refractivity contribution in [3.63, 3.8) is 0 Å². The zero-order chi connectivity index (χ0) is 15.3. The minimum Gasteiger partial charge on any atom is -0.398 e. The predicted molar refractivity (Wildman–Crippen MR) is 78.4 cm³/mol. The molecule has 0 amide bonds. The van der Waals surface area contributed by atoms with Gasteiger partial charge >= 0.3 is 0 Å². The SMILES string of the molecule is CCN(CC)CC(C)NS(=O)(=O)c1ccc(F)cc1N. The van der Waals surface area contributed by atoms with Crippen LogP contribution in [0.1, 0.15) is 20.8 Å². The van der Waals surface area contributed by atoms with Crippen molar-refractivity contribution in [3.8, 4) is 0 Å². The maximum absolute atomic E-state index is 13.0. The van der Waals surface area contributed by atoms with Crippen molar-refractivity contribution >= 4 is 15.7 Å². The molecule has 0 radical (unpaired) electrons. The number of nitrogens with zero attached hydrogens (tertiary/aromatic N) is 1. The fraction of sp³-hybridized carbons (Fsp3) is 0.538. The molecule has 5 nitrogen and oxygen atoms in total. The zero-order valence-corrected chi connectivity index (χ0v) is 12.9. The van der Waals surface area contributed by atoms with Gasteiger partial charge in [-0.15, -0.1) is 0 Å². The van der Waals surface area contributed by atoms with E-state index in [-0.39, 0.29) is 16.6 Å². The Labute approximate surface area is 120 Å². The lowest BCUT2D eigenvalue weighted by Crippen LogP contribution is -2.42. The molecule has 0 aliphatic rings. The van der Waals surface area contributed by atoms with Gasteiger partial charge in [0.05, 0.1) is 5.69 Å². The van der Waals surface area contributed by atoms with E-state index in [1.54, 1.807) is 6.92 Å². The standard InChI is InChI=1S/C13H22FN3O2S/c1-4-17(5-2)9-10(3)16-20(18,19)13-7-6-11(14)8-12(13)15/h6-8,10,16H,4-5,9,15H2,1-3H3. The first-order valence-corrected chi connectivity index (χ1v) is 8.08. The monoisotopic (exact) mass is 303 g/mol. The van der Waals surface area contributed by atoms with Gasteiger partial charge in [0.15, 0.2) is 0 Å². The first-order valence-electron chi connectivity index (χ1n) is 6.59. The second-order valence-corrected chi connectivity index (χ2v) is 6.37. The van der Waals surface area contributed by atoms with Crippen LogP contribution in [-0.4, -0.2) is 39.0 Å². The highest BCUT2D eigenvalue weighted by Gasteiger charge is 2.21.